The Bertz CT molecular complexity index is 709. The molecule has 2 heterocycles. The molecule has 0 fully saturated rings. The zero-order valence-corrected chi connectivity index (χ0v) is 13.9. The van der Waals surface area contributed by atoms with Gasteiger partial charge >= 0.3 is 0 Å². The Hall–Kier alpha value is -2.18. The molecule has 1 aromatic carbocycles. The molecule has 0 saturated carbocycles. The molecule has 1 aromatic heterocycles. The van der Waals surface area contributed by atoms with Crippen LogP contribution >= 0.6 is 11.3 Å². The number of likely N-dealkylation sites (N-methyl/N-ethyl adjacent to an activating group) is 1. The summed E-state index contributed by atoms with van der Waals surface area (Å²) in [7, 11) is 2.09. The predicted octanol–water partition coefficient (Wildman–Crippen LogP) is 2.95. The van der Waals surface area contributed by atoms with E-state index in [1.807, 2.05) is 0 Å². The lowest BCUT2D eigenvalue weighted by Gasteiger charge is -2.20. The Labute approximate surface area is 139 Å². The van der Waals surface area contributed by atoms with Gasteiger partial charge in [0.1, 0.15) is 12.4 Å². The van der Waals surface area contributed by atoms with Crippen LogP contribution in [0.5, 0.6) is 5.75 Å². The number of carbonyl (C=O) groups is 1. The number of amides is 1. The van der Waals surface area contributed by atoms with Crippen molar-refractivity contribution in [2.75, 3.05) is 25.5 Å². The molecule has 0 radical (unpaired) electrons. The molecule has 0 saturated heterocycles. The molecular formula is C17H19N3O2S. The van der Waals surface area contributed by atoms with E-state index in [0.717, 1.165) is 25.2 Å². The van der Waals surface area contributed by atoms with Crippen molar-refractivity contribution >= 4 is 22.4 Å². The molecule has 1 N–H and O–H groups in total. The fourth-order valence-corrected chi connectivity index (χ4v) is 3.49. The lowest BCUT2D eigenvalue weighted by Crippen LogP contribution is -2.25. The van der Waals surface area contributed by atoms with Gasteiger partial charge in [0.15, 0.2) is 5.13 Å². The number of carbonyl (C=O) groups excluding carboxylic acids is 1. The molecule has 1 aliphatic heterocycles. The maximum absolute atomic E-state index is 12.3. The highest BCUT2D eigenvalue weighted by molar-refractivity contribution is 7.15. The topological polar surface area (TPSA) is 54.5 Å². The smallest absolute Gasteiger partial charge is 0.257 e. The molecular weight excluding hydrogens is 310 g/mol. The average Bonchev–Trinajstić information content (AvgIpc) is 2.94. The van der Waals surface area contributed by atoms with Crippen molar-refractivity contribution in [3.05, 3.63) is 53.1 Å². The Kier molecular flexibility index (Phi) is 4.73. The van der Waals surface area contributed by atoms with Crippen molar-refractivity contribution < 1.29 is 9.53 Å². The molecule has 23 heavy (non-hydrogen) atoms. The first-order chi connectivity index (χ1) is 11.2. The summed E-state index contributed by atoms with van der Waals surface area (Å²) in [6, 6.07) is 7.05. The van der Waals surface area contributed by atoms with Gasteiger partial charge in [0.25, 0.3) is 5.91 Å². The van der Waals surface area contributed by atoms with Crippen LogP contribution in [-0.2, 0) is 13.0 Å². The van der Waals surface area contributed by atoms with Crippen LogP contribution in [0.25, 0.3) is 0 Å². The number of nitrogens with one attached hydrogen (secondary N) is 1. The number of ether oxygens (including phenoxy) is 1. The van der Waals surface area contributed by atoms with Gasteiger partial charge in [0.2, 0.25) is 0 Å². The van der Waals surface area contributed by atoms with Crippen molar-refractivity contribution in [2.45, 2.75) is 13.0 Å². The van der Waals surface area contributed by atoms with Crippen LogP contribution < -0.4 is 10.1 Å². The van der Waals surface area contributed by atoms with Crippen LogP contribution in [-0.4, -0.2) is 36.0 Å². The van der Waals surface area contributed by atoms with Gasteiger partial charge in [-0.15, -0.1) is 11.3 Å². The summed E-state index contributed by atoms with van der Waals surface area (Å²) in [5, 5.41) is 3.55. The molecule has 0 aliphatic carbocycles. The Morgan fingerprint density at radius 2 is 2.26 bits per heavy atom. The molecule has 3 rings (SSSR count). The molecule has 2 aromatic rings. The van der Waals surface area contributed by atoms with Crippen molar-refractivity contribution in [3.8, 4) is 5.75 Å². The molecule has 0 bridgehead atoms. The normalized spacial score (nSPS) is 14.1. The van der Waals surface area contributed by atoms with Gasteiger partial charge in [-0.1, -0.05) is 12.7 Å². The van der Waals surface area contributed by atoms with Crippen molar-refractivity contribution in [1.82, 2.24) is 9.88 Å². The molecule has 0 unspecified atom stereocenters. The fourth-order valence-electron chi connectivity index (χ4n) is 2.40. The number of nitrogens with zero attached hydrogens (tertiary/aromatic N) is 2. The molecule has 6 heteroatoms. The minimum Gasteiger partial charge on any atom is -0.490 e. The lowest BCUT2D eigenvalue weighted by atomic mass is 10.2. The number of hydrogen-bond donors (Lipinski definition) is 1. The summed E-state index contributed by atoms with van der Waals surface area (Å²) in [6.45, 7) is 5.96. The highest BCUT2D eigenvalue weighted by Crippen LogP contribution is 2.28. The van der Waals surface area contributed by atoms with E-state index in [9.17, 15) is 4.79 Å². The van der Waals surface area contributed by atoms with E-state index < -0.39 is 0 Å². The monoisotopic (exact) mass is 329 g/mol. The van der Waals surface area contributed by atoms with E-state index in [-0.39, 0.29) is 5.91 Å². The number of benzene rings is 1. The second-order valence-corrected chi connectivity index (χ2v) is 6.54. The molecule has 0 atom stereocenters. The minimum atomic E-state index is -0.153. The third kappa shape index (κ3) is 3.78. The van der Waals surface area contributed by atoms with E-state index in [4.69, 9.17) is 4.74 Å². The van der Waals surface area contributed by atoms with E-state index >= 15 is 0 Å². The van der Waals surface area contributed by atoms with Crippen molar-refractivity contribution in [1.29, 1.82) is 0 Å². The molecule has 5 nitrogen and oxygen atoms in total. The standard InChI is InChI=1S/C17H19N3O2S/c1-3-10-22-13-6-4-12(5-7-13)16(21)19-17-18-14-8-9-20(2)11-15(14)23-17/h3-7H,1,8-11H2,2H3,(H,18,19,21). The first-order valence-corrected chi connectivity index (χ1v) is 8.29. The van der Waals surface area contributed by atoms with Crippen molar-refractivity contribution in [2.24, 2.45) is 0 Å². The van der Waals surface area contributed by atoms with E-state index in [1.165, 1.54) is 4.88 Å². The fraction of sp³-hybridized carbons (Fsp3) is 0.294. The third-order valence-corrected chi connectivity index (χ3v) is 4.62. The van der Waals surface area contributed by atoms with Gasteiger partial charge in [0.05, 0.1) is 5.69 Å². The summed E-state index contributed by atoms with van der Waals surface area (Å²) in [6.07, 6.45) is 2.62. The van der Waals surface area contributed by atoms with E-state index in [1.54, 1.807) is 41.7 Å². The molecule has 120 valence electrons. The molecule has 1 aliphatic rings. The highest BCUT2D eigenvalue weighted by atomic mass is 32.1. The lowest BCUT2D eigenvalue weighted by molar-refractivity contribution is 0.102. The Morgan fingerprint density at radius 1 is 1.48 bits per heavy atom. The SMILES string of the molecule is C=CCOc1ccc(C(=O)Nc2nc3c(s2)CN(C)CC3)cc1. The number of thiazole rings is 1. The first-order valence-electron chi connectivity index (χ1n) is 7.48. The summed E-state index contributed by atoms with van der Waals surface area (Å²) in [4.78, 5) is 20.3. The van der Waals surface area contributed by atoms with Gasteiger partial charge in [0, 0.05) is 30.0 Å². The highest BCUT2D eigenvalue weighted by Gasteiger charge is 2.19. The van der Waals surface area contributed by atoms with Gasteiger partial charge in [-0.3, -0.25) is 10.1 Å². The number of rotatable bonds is 5. The zero-order valence-electron chi connectivity index (χ0n) is 13.0. The van der Waals surface area contributed by atoms with Gasteiger partial charge < -0.3 is 9.64 Å². The van der Waals surface area contributed by atoms with Crippen LogP contribution in [0.3, 0.4) is 0 Å². The number of aromatic nitrogens is 1. The summed E-state index contributed by atoms with van der Waals surface area (Å²) in [5.41, 5.74) is 1.69. The predicted molar refractivity (Wildman–Crippen MR) is 92.2 cm³/mol. The van der Waals surface area contributed by atoms with Crippen LogP contribution in [0.4, 0.5) is 5.13 Å². The van der Waals surface area contributed by atoms with E-state index in [2.05, 4.69) is 28.8 Å². The summed E-state index contributed by atoms with van der Waals surface area (Å²) < 4.78 is 5.41. The van der Waals surface area contributed by atoms with Crippen LogP contribution in [0.1, 0.15) is 20.9 Å². The van der Waals surface area contributed by atoms with Gasteiger partial charge in [-0.2, -0.15) is 0 Å². The second-order valence-electron chi connectivity index (χ2n) is 5.45. The van der Waals surface area contributed by atoms with E-state index in [0.29, 0.717) is 23.1 Å². The number of hydrogen-bond acceptors (Lipinski definition) is 5. The van der Waals surface area contributed by atoms with Crippen molar-refractivity contribution in [3.63, 3.8) is 0 Å². The largest absolute Gasteiger partial charge is 0.490 e. The van der Waals surface area contributed by atoms with Crippen LogP contribution in [0, 0.1) is 0 Å². The average molecular weight is 329 g/mol. The molecule has 0 spiro atoms. The first kappa shape index (κ1) is 15.7. The Balaban J connectivity index is 1.66. The number of fused-ring (bicyclic) bond motifs is 1. The van der Waals surface area contributed by atoms with Crippen LogP contribution in [0.2, 0.25) is 0 Å². The second kappa shape index (κ2) is 6.93. The maximum Gasteiger partial charge on any atom is 0.257 e. The summed E-state index contributed by atoms with van der Waals surface area (Å²) in [5.74, 6) is 0.564. The van der Waals surface area contributed by atoms with Gasteiger partial charge in [-0.05, 0) is 31.3 Å². The Morgan fingerprint density at radius 3 is 3.00 bits per heavy atom. The summed E-state index contributed by atoms with van der Waals surface area (Å²) >= 11 is 1.56. The third-order valence-electron chi connectivity index (χ3n) is 3.63. The minimum absolute atomic E-state index is 0.153. The quantitative estimate of drug-likeness (QED) is 0.857. The zero-order chi connectivity index (χ0) is 16.2. The maximum atomic E-state index is 12.3. The van der Waals surface area contributed by atoms with Crippen LogP contribution in [0.15, 0.2) is 36.9 Å². The number of anilines is 1. The van der Waals surface area contributed by atoms with Gasteiger partial charge in [-0.25, -0.2) is 4.98 Å². The molecule has 1 amide bonds.